The number of fused-ring (bicyclic) bond motifs is 2. The highest BCUT2D eigenvalue weighted by molar-refractivity contribution is 9.10. The Kier molecular flexibility index (Phi) is 8.04. The van der Waals surface area contributed by atoms with Crippen LogP contribution in [0.15, 0.2) is 87.2 Å². The van der Waals surface area contributed by atoms with Gasteiger partial charge in [-0.05, 0) is 53.4 Å². The zero-order valence-corrected chi connectivity index (χ0v) is 24.8. The molecule has 1 saturated carbocycles. The number of rotatable bonds is 7. The van der Waals surface area contributed by atoms with Crippen LogP contribution < -0.4 is 10.3 Å². The molecule has 10 heteroatoms. The molecule has 0 atom stereocenters. The van der Waals surface area contributed by atoms with Gasteiger partial charge in [0.2, 0.25) is 5.75 Å². The van der Waals surface area contributed by atoms with Crippen LogP contribution in [-0.4, -0.2) is 20.8 Å². The van der Waals surface area contributed by atoms with Crippen LogP contribution in [0.2, 0.25) is 5.02 Å². The normalized spacial score (nSPS) is 14.1. The second-order valence-corrected chi connectivity index (χ2v) is 11.7. The molecular formula is C32H26BrClN4O4. The summed E-state index contributed by atoms with van der Waals surface area (Å²) in [5.41, 5.74) is 1.16. The van der Waals surface area contributed by atoms with Crippen molar-refractivity contribution in [2.45, 2.75) is 44.6 Å². The molecule has 4 aromatic carbocycles. The summed E-state index contributed by atoms with van der Waals surface area (Å²) in [5.74, 6) is 0.679. The van der Waals surface area contributed by atoms with Crippen LogP contribution in [0.25, 0.3) is 21.7 Å². The van der Waals surface area contributed by atoms with Crippen molar-refractivity contribution in [3.8, 4) is 5.75 Å². The van der Waals surface area contributed by atoms with E-state index in [0.717, 1.165) is 52.9 Å². The Bertz CT molecular complexity index is 1910. The molecule has 0 aliphatic heterocycles. The molecule has 1 fully saturated rings. The molecule has 1 heterocycles. The van der Waals surface area contributed by atoms with Gasteiger partial charge in [-0.25, -0.2) is 4.98 Å². The summed E-state index contributed by atoms with van der Waals surface area (Å²) in [7, 11) is 0. The summed E-state index contributed by atoms with van der Waals surface area (Å²) in [6.07, 6.45) is 6.47. The molecule has 0 radical (unpaired) electrons. The van der Waals surface area contributed by atoms with Crippen molar-refractivity contribution in [3.05, 3.63) is 120 Å². The minimum absolute atomic E-state index is 0.0184. The molecule has 0 spiro atoms. The zero-order valence-electron chi connectivity index (χ0n) is 22.5. The Morgan fingerprint density at radius 2 is 1.83 bits per heavy atom. The van der Waals surface area contributed by atoms with Crippen LogP contribution in [0, 0.1) is 10.1 Å². The minimum atomic E-state index is -0.531. The maximum atomic E-state index is 13.8. The van der Waals surface area contributed by atoms with Crippen molar-refractivity contribution < 1.29 is 9.66 Å². The topological polar surface area (TPSA) is 99.6 Å². The first-order valence-corrected chi connectivity index (χ1v) is 14.9. The van der Waals surface area contributed by atoms with E-state index in [9.17, 15) is 14.9 Å². The van der Waals surface area contributed by atoms with Gasteiger partial charge in [-0.1, -0.05) is 89.3 Å². The maximum absolute atomic E-state index is 13.8. The van der Waals surface area contributed by atoms with Gasteiger partial charge < -0.3 is 4.74 Å². The lowest BCUT2D eigenvalue weighted by molar-refractivity contribution is -0.385. The molecule has 1 aromatic heterocycles. The van der Waals surface area contributed by atoms with Gasteiger partial charge >= 0.3 is 5.69 Å². The molecule has 0 N–H and O–H groups in total. The number of hydrogen-bond acceptors (Lipinski definition) is 6. The first-order chi connectivity index (χ1) is 20.4. The fourth-order valence-electron chi connectivity index (χ4n) is 5.58. The predicted octanol–water partition coefficient (Wildman–Crippen LogP) is 8.38. The molecule has 0 amide bonds. The molecular weight excluding hydrogens is 620 g/mol. The fraction of sp³-hybridized carbons (Fsp3) is 0.219. The molecule has 1 aliphatic rings. The van der Waals surface area contributed by atoms with Gasteiger partial charge in [-0.3, -0.25) is 14.9 Å². The van der Waals surface area contributed by atoms with E-state index in [4.69, 9.17) is 21.3 Å². The minimum Gasteiger partial charge on any atom is -0.481 e. The summed E-state index contributed by atoms with van der Waals surface area (Å²) in [6, 6.07) is 21.9. The van der Waals surface area contributed by atoms with Gasteiger partial charge in [-0.2, -0.15) is 9.78 Å². The fourth-order valence-corrected chi connectivity index (χ4v) is 6.16. The average Bonchev–Trinajstić information content (AvgIpc) is 3.00. The third-order valence-electron chi connectivity index (χ3n) is 7.63. The summed E-state index contributed by atoms with van der Waals surface area (Å²) in [5, 5.41) is 19.3. The number of nitro groups is 1. The van der Waals surface area contributed by atoms with Crippen LogP contribution in [0.4, 0.5) is 5.69 Å². The van der Waals surface area contributed by atoms with E-state index in [1.54, 1.807) is 12.1 Å². The Balaban J connectivity index is 1.45. The van der Waals surface area contributed by atoms with Gasteiger partial charge in [0, 0.05) is 27.0 Å². The Morgan fingerprint density at radius 1 is 1.05 bits per heavy atom. The highest BCUT2D eigenvalue weighted by atomic mass is 79.9. The number of benzene rings is 4. The smallest absolute Gasteiger partial charge is 0.313 e. The number of hydrogen-bond donors (Lipinski definition) is 0. The van der Waals surface area contributed by atoms with Crippen LogP contribution >= 0.6 is 27.5 Å². The molecule has 1 aliphatic carbocycles. The lowest BCUT2D eigenvalue weighted by Crippen LogP contribution is -2.25. The van der Waals surface area contributed by atoms with Crippen LogP contribution in [-0.2, 0) is 6.61 Å². The van der Waals surface area contributed by atoms with Crippen molar-refractivity contribution in [1.82, 2.24) is 9.66 Å². The lowest BCUT2D eigenvalue weighted by Gasteiger charge is -2.22. The first kappa shape index (κ1) is 28.1. The van der Waals surface area contributed by atoms with Gasteiger partial charge in [-0.15, -0.1) is 0 Å². The third-order valence-corrected chi connectivity index (χ3v) is 8.34. The second kappa shape index (κ2) is 12.0. The van der Waals surface area contributed by atoms with Gasteiger partial charge in [0.25, 0.3) is 5.56 Å². The van der Waals surface area contributed by atoms with Crippen LogP contribution in [0.1, 0.15) is 55.0 Å². The van der Waals surface area contributed by atoms with Crippen LogP contribution in [0.3, 0.4) is 0 Å². The second-order valence-electron chi connectivity index (χ2n) is 10.4. The van der Waals surface area contributed by atoms with E-state index in [0.29, 0.717) is 16.7 Å². The number of aromatic nitrogens is 2. The number of nitro benzene ring substituents is 1. The summed E-state index contributed by atoms with van der Waals surface area (Å²) in [4.78, 5) is 30.2. The first-order valence-electron chi connectivity index (χ1n) is 13.7. The van der Waals surface area contributed by atoms with Crippen molar-refractivity contribution in [2.24, 2.45) is 5.10 Å². The van der Waals surface area contributed by atoms with E-state index in [-0.39, 0.29) is 40.1 Å². The zero-order chi connectivity index (χ0) is 29.2. The summed E-state index contributed by atoms with van der Waals surface area (Å²) in [6.45, 7) is 0.0868. The van der Waals surface area contributed by atoms with Crippen molar-refractivity contribution in [3.63, 3.8) is 0 Å². The highest BCUT2D eigenvalue weighted by Gasteiger charge is 2.24. The predicted molar refractivity (Wildman–Crippen MR) is 169 cm³/mol. The number of nitrogens with zero attached hydrogens (tertiary/aromatic N) is 4. The van der Waals surface area contributed by atoms with E-state index < -0.39 is 4.92 Å². The van der Waals surface area contributed by atoms with E-state index in [1.807, 2.05) is 54.6 Å². The monoisotopic (exact) mass is 644 g/mol. The van der Waals surface area contributed by atoms with Crippen LogP contribution in [0.5, 0.6) is 5.75 Å². The Hall–Kier alpha value is -4.08. The van der Waals surface area contributed by atoms with Crippen molar-refractivity contribution >= 4 is 61.1 Å². The van der Waals surface area contributed by atoms with E-state index in [2.05, 4.69) is 21.0 Å². The van der Waals surface area contributed by atoms with E-state index in [1.165, 1.54) is 17.0 Å². The Morgan fingerprint density at radius 3 is 2.64 bits per heavy atom. The molecule has 5 aromatic rings. The quantitative estimate of drug-likeness (QED) is 0.101. The summed E-state index contributed by atoms with van der Waals surface area (Å²) < 4.78 is 8.21. The van der Waals surface area contributed by atoms with Gasteiger partial charge in [0.15, 0.2) is 0 Å². The summed E-state index contributed by atoms with van der Waals surface area (Å²) >= 11 is 9.76. The van der Waals surface area contributed by atoms with Crippen molar-refractivity contribution in [1.29, 1.82) is 0 Å². The molecule has 42 heavy (non-hydrogen) atoms. The molecule has 6 rings (SSSR count). The van der Waals surface area contributed by atoms with Crippen molar-refractivity contribution in [2.75, 3.05) is 0 Å². The number of ether oxygens (including phenoxy) is 1. The average molecular weight is 646 g/mol. The van der Waals surface area contributed by atoms with Gasteiger partial charge in [0.1, 0.15) is 12.4 Å². The van der Waals surface area contributed by atoms with E-state index >= 15 is 0 Å². The SMILES string of the molecule is O=c1c2cc(Br)ccc2nc(C2CCCCC2)n1N=Cc1cc(Cl)cc([N+](=O)[O-])c1OCc1cccc2ccccc12. The number of halogens is 2. The molecule has 0 saturated heterocycles. The molecule has 0 unspecified atom stereocenters. The molecule has 0 bridgehead atoms. The molecule has 212 valence electrons. The standard InChI is InChI=1S/C32H26BrClN4O4/c33-24-13-14-28-27(16-24)32(39)37(31(36-28)21-8-2-1-3-9-21)35-18-23-15-25(34)17-29(38(40)41)30(23)42-19-22-11-6-10-20-7-4-5-12-26(20)22/h4-7,10-18,21H,1-3,8-9,19H2. The van der Waals surface area contributed by atoms with Gasteiger partial charge in [0.05, 0.1) is 22.0 Å². The molecule has 8 nitrogen and oxygen atoms in total. The Labute approximate surface area is 254 Å². The highest BCUT2D eigenvalue weighted by Crippen LogP contribution is 2.36. The largest absolute Gasteiger partial charge is 0.481 e. The lowest BCUT2D eigenvalue weighted by atomic mass is 9.88. The third kappa shape index (κ3) is 5.67. The maximum Gasteiger partial charge on any atom is 0.313 e.